The quantitative estimate of drug-likeness (QED) is 0.434. The predicted octanol–water partition coefficient (Wildman–Crippen LogP) is 4.61. The summed E-state index contributed by atoms with van der Waals surface area (Å²) in [4.78, 5) is 26.7. The number of alkyl halides is 1. The van der Waals surface area contributed by atoms with E-state index in [9.17, 15) is 4.79 Å². The van der Waals surface area contributed by atoms with Gasteiger partial charge in [-0.15, -0.1) is 0 Å². The fourth-order valence-corrected chi connectivity index (χ4v) is 6.40. The number of hydrogen-bond donors (Lipinski definition) is 2. The molecule has 1 aromatic rings. The Hall–Kier alpha value is -1.84. The van der Waals surface area contributed by atoms with E-state index in [-0.39, 0.29) is 17.7 Å². The van der Waals surface area contributed by atoms with Crippen LogP contribution in [0.4, 0.5) is 11.8 Å². The monoisotopic (exact) mass is 580 g/mol. The minimum atomic E-state index is -0.254. The summed E-state index contributed by atoms with van der Waals surface area (Å²) in [6.07, 6.45) is 10.8. The Morgan fingerprint density at radius 3 is 2.53 bits per heavy atom. The smallest absolute Gasteiger partial charge is 0.230 e. The summed E-state index contributed by atoms with van der Waals surface area (Å²) in [7, 11) is 3.40. The number of halogens is 2. The maximum Gasteiger partial charge on any atom is 0.230 e. The van der Waals surface area contributed by atoms with Crippen LogP contribution in [0.25, 0.3) is 0 Å². The molecule has 3 aliphatic rings. The largest absolute Gasteiger partial charge is 0.499 e. The molecule has 1 saturated carbocycles. The van der Waals surface area contributed by atoms with Crippen molar-refractivity contribution >= 4 is 45.2 Å². The van der Waals surface area contributed by atoms with Crippen LogP contribution in [0.1, 0.15) is 32.6 Å². The van der Waals surface area contributed by atoms with Gasteiger partial charge in [0.15, 0.2) is 0 Å². The molecule has 10 heteroatoms. The Labute approximate surface area is 228 Å². The average Bonchev–Trinajstić information content (AvgIpc) is 2.90. The fourth-order valence-electron chi connectivity index (χ4n) is 5.57. The van der Waals surface area contributed by atoms with Gasteiger partial charge < -0.3 is 20.3 Å². The van der Waals surface area contributed by atoms with Crippen molar-refractivity contribution in [3.05, 3.63) is 34.8 Å². The third-order valence-corrected chi connectivity index (χ3v) is 9.00. The number of carbonyl (C=O) groups is 1. The molecule has 2 N–H and O–H groups in total. The van der Waals surface area contributed by atoms with Gasteiger partial charge in [-0.2, -0.15) is 4.98 Å². The Kier molecular flexibility index (Phi) is 9.52. The number of nitrogens with one attached hydrogen (secondary N) is 2. The maximum atomic E-state index is 13.5. The first-order valence-electron chi connectivity index (χ1n) is 12.9. The number of anilines is 2. The van der Waals surface area contributed by atoms with Crippen LogP contribution in [0.5, 0.6) is 0 Å². The van der Waals surface area contributed by atoms with Gasteiger partial charge in [0.1, 0.15) is 16.6 Å². The van der Waals surface area contributed by atoms with E-state index in [4.69, 9.17) is 16.3 Å². The van der Waals surface area contributed by atoms with Crippen molar-refractivity contribution < 1.29 is 9.53 Å². The Bertz CT molecular complexity index is 973. The summed E-state index contributed by atoms with van der Waals surface area (Å²) in [5.74, 6) is 3.14. The molecule has 1 aliphatic heterocycles. The minimum absolute atomic E-state index is 0.103. The second-order valence-electron chi connectivity index (χ2n) is 10.1. The molecular weight excluding hydrogens is 544 g/mol. The van der Waals surface area contributed by atoms with Crippen LogP contribution < -0.4 is 10.6 Å². The van der Waals surface area contributed by atoms with Gasteiger partial charge in [-0.05, 0) is 43.6 Å². The van der Waals surface area contributed by atoms with Crippen molar-refractivity contribution in [3.63, 3.8) is 0 Å². The van der Waals surface area contributed by atoms with Crippen molar-refractivity contribution in [2.75, 3.05) is 62.8 Å². The average molecular weight is 582 g/mol. The van der Waals surface area contributed by atoms with Crippen molar-refractivity contribution in [2.45, 2.75) is 32.6 Å². The number of hydrogen-bond acceptors (Lipinski definition) is 7. The number of piperazine rings is 1. The van der Waals surface area contributed by atoms with E-state index in [2.05, 4.69) is 41.4 Å². The minimum Gasteiger partial charge on any atom is -0.499 e. The van der Waals surface area contributed by atoms with Crippen LogP contribution in [-0.2, 0) is 9.53 Å². The third kappa shape index (κ3) is 6.34. The summed E-state index contributed by atoms with van der Waals surface area (Å²) >= 11 is 9.74. The Morgan fingerprint density at radius 2 is 1.89 bits per heavy atom. The zero-order valence-corrected chi connectivity index (χ0v) is 23.8. The van der Waals surface area contributed by atoms with Crippen molar-refractivity contribution in [2.24, 2.45) is 23.7 Å². The molecule has 2 fully saturated rings. The zero-order chi connectivity index (χ0) is 25.7. The Morgan fingerprint density at radius 1 is 1.19 bits per heavy atom. The molecule has 4 rings (SSSR count). The summed E-state index contributed by atoms with van der Waals surface area (Å²) in [6.45, 7) is 6.69. The molecule has 36 heavy (non-hydrogen) atoms. The summed E-state index contributed by atoms with van der Waals surface area (Å²) in [6, 6.07) is 0. The third-order valence-electron chi connectivity index (χ3n) is 7.81. The molecule has 2 atom stereocenters. The van der Waals surface area contributed by atoms with E-state index < -0.39 is 0 Å². The van der Waals surface area contributed by atoms with Gasteiger partial charge in [0.25, 0.3) is 0 Å². The second-order valence-corrected chi connectivity index (χ2v) is 11.1. The SMILES string of the molecule is CNc1nc(NC2=C(OC)C(C)C(C(=O)N3CCN(CC4CCC(CBr)CC4)CC3)C=C2)ncc1Cl. The lowest BCUT2D eigenvalue weighted by molar-refractivity contribution is -0.137. The highest BCUT2D eigenvalue weighted by molar-refractivity contribution is 9.09. The van der Waals surface area contributed by atoms with E-state index in [1.807, 2.05) is 24.0 Å². The normalized spacial score (nSPS) is 27.2. The lowest BCUT2D eigenvalue weighted by atomic mass is 9.82. The van der Waals surface area contributed by atoms with E-state index >= 15 is 0 Å². The molecule has 1 saturated heterocycles. The van der Waals surface area contributed by atoms with Crippen LogP contribution in [-0.4, -0.2) is 77.9 Å². The van der Waals surface area contributed by atoms with Crippen molar-refractivity contribution in [3.8, 4) is 0 Å². The molecule has 198 valence electrons. The number of nitrogens with zero attached hydrogens (tertiary/aromatic N) is 4. The van der Waals surface area contributed by atoms with Crippen molar-refractivity contribution in [1.29, 1.82) is 0 Å². The summed E-state index contributed by atoms with van der Waals surface area (Å²) in [5, 5.41) is 7.75. The van der Waals surface area contributed by atoms with Gasteiger partial charge in [-0.25, -0.2) is 4.98 Å². The first-order valence-corrected chi connectivity index (χ1v) is 14.4. The van der Waals surface area contributed by atoms with Crippen LogP contribution in [0.15, 0.2) is 29.8 Å². The highest BCUT2D eigenvalue weighted by Crippen LogP contribution is 2.33. The standard InChI is InChI=1S/C26H38BrClN6O2/c1-17-20(8-9-22(23(17)36-3)31-26-30-15-21(28)24(29-2)32-26)25(35)34-12-10-33(11-13-34)16-19-6-4-18(14-27)5-7-19/h8-9,15,17-20H,4-7,10-14,16H2,1-3H3,(H2,29,30,31,32). The summed E-state index contributed by atoms with van der Waals surface area (Å²) in [5.41, 5.74) is 0.748. The second kappa shape index (κ2) is 12.6. The number of amides is 1. The first kappa shape index (κ1) is 27.2. The molecule has 0 aromatic carbocycles. The number of allylic oxidation sites excluding steroid dienone is 2. The number of methoxy groups -OCH3 is 1. The lowest BCUT2D eigenvalue weighted by Crippen LogP contribution is -2.52. The zero-order valence-electron chi connectivity index (χ0n) is 21.5. The van der Waals surface area contributed by atoms with Gasteiger partial charge in [0.05, 0.1) is 24.9 Å². The van der Waals surface area contributed by atoms with Gasteiger partial charge in [0, 0.05) is 51.0 Å². The van der Waals surface area contributed by atoms with E-state index in [0.717, 1.165) is 54.8 Å². The maximum absolute atomic E-state index is 13.5. The topological polar surface area (TPSA) is 82.6 Å². The molecule has 1 amide bonds. The van der Waals surface area contributed by atoms with Crippen LogP contribution in [0, 0.1) is 23.7 Å². The summed E-state index contributed by atoms with van der Waals surface area (Å²) < 4.78 is 5.74. The predicted molar refractivity (Wildman–Crippen MR) is 148 cm³/mol. The molecule has 0 radical (unpaired) electrons. The number of carbonyl (C=O) groups excluding carboxylic acids is 1. The number of ether oxygens (including phenoxy) is 1. The molecule has 2 heterocycles. The van der Waals surface area contributed by atoms with Gasteiger partial charge >= 0.3 is 0 Å². The Balaban J connectivity index is 1.32. The van der Waals surface area contributed by atoms with E-state index in [1.54, 1.807) is 20.4 Å². The molecule has 0 bridgehead atoms. The van der Waals surface area contributed by atoms with E-state index in [0.29, 0.717) is 16.8 Å². The number of rotatable bonds is 8. The molecule has 1 aromatic heterocycles. The molecule has 2 unspecified atom stereocenters. The van der Waals surface area contributed by atoms with Gasteiger partial charge in [-0.3, -0.25) is 9.69 Å². The van der Waals surface area contributed by atoms with E-state index in [1.165, 1.54) is 32.2 Å². The molecule has 0 spiro atoms. The molecular formula is C26H38BrClN6O2. The first-order chi connectivity index (χ1) is 17.4. The molecule has 8 nitrogen and oxygen atoms in total. The number of aromatic nitrogens is 2. The van der Waals surface area contributed by atoms with Gasteiger partial charge in [0.2, 0.25) is 11.9 Å². The van der Waals surface area contributed by atoms with Crippen LogP contribution in [0.3, 0.4) is 0 Å². The molecule has 2 aliphatic carbocycles. The van der Waals surface area contributed by atoms with Gasteiger partial charge in [-0.1, -0.05) is 40.5 Å². The fraction of sp³-hybridized carbons (Fsp3) is 0.654. The van der Waals surface area contributed by atoms with Crippen LogP contribution >= 0.6 is 27.5 Å². The van der Waals surface area contributed by atoms with Crippen molar-refractivity contribution in [1.82, 2.24) is 19.8 Å². The lowest BCUT2D eigenvalue weighted by Gasteiger charge is -2.39. The highest BCUT2D eigenvalue weighted by atomic mass is 79.9. The highest BCUT2D eigenvalue weighted by Gasteiger charge is 2.35. The van der Waals surface area contributed by atoms with Crippen LogP contribution in [0.2, 0.25) is 5.02 Å².